The number of hydrogen-bond acceptors (Lipinski definition) is 1. The molecule has 180 valence electrons. The highest BCUT2D eigenvalue weighted by molar-refractivity contribution is 6.91. The van der Waals surface area contributed by atoms with Crippen molar-refractivity contribution >= 4 is 23.3 Å². The zero-order valence-corrected chi connectivity index (χ0v) is 20.7. The van der Waals surface area contributed by atoms with Gasteiger partial charge in [-0.05, 0) is 22.7 Å². The van der Waals surface area contributed by atoms with Crippen molar-refractivity contribution in [2.75, 3.05) is 0 Å². The van der Waals surface area contributed by atoms with Gasteiger partial charge in [0.2, 0.25) is 18.1 Å². The molecule has 0 fully saturated rings. The minimum absolute atomic E-state index is 0.0174. The predicted octanol–water partition coefficient (Wildman–Crippen LogP) is 7.08. The Balaban J connectivity index is 2.51. The van der Waals surface area contributed by atoms with Crippen LogP contribution in [0.1, 0.15) is 52.7 Å². The molecule has 0 aromatic heterocycles. The van der Waals surface area contributed by atoms with Crippen molar-refractivity contribution in [2.24, 2.45) is 0 Å². The summed E-state index contributed by atoms with van der Waals surface area (Å²) in [6.07, 6.45) is 0. The second kappa shape index (κ2) is 8.49. The van der Waals surface area contributed by atoms with Crippen LogP contribution in [0.25, 0.3) is 11.1 Å². The molecule has 2 radical (unpaired) electrons. The zero-order chi connectivity index (χ0) is 25.2. The highest BCUT2D eigenvalue weighted by Crippen LogP contribution is 2.55. The number of benzene rings is 2. The topological polar surface area (TPSA) is 9.23 Å². The fourth-order valence-corrected chi connectivity index (χ4v) is 11.9. The van der Waals surface area contributed by atoms with Crippen LogP contribution in [0.4, 0.5) is 35.1 Å². The van der Waals surface area contributed by atoms with Gasteiger partial charge in [-0.3, -0.25) is 0 Å². The van der Waals surface area contributed by atoms with Crippen LogP contribution in [0.2, 0.25) is 16.6 Å². The predicted molar refractivity (Wildman–Crippen MR) is 112 cm³/mol. The lowest BCUT2D eigenvalue weighted by Crippen LogP contribution is -2.60. The van der Waals surface area contributed by atoms with Crippen LogP contribution in [0.15, 0.2) is 6.07 Å². The molecule has 0 unspecified atom stereocenters. The summed E-state index contributed by atoms with van der Waals surface area (Å²) in [5, 5.41) is -0.843. The van der Waals surface area contributed by atoms with E-state index in [0.717, 1.165) is 0 Å². The molecule has 1 nitrogen and oxygen atoms in total. The summed E-state index contributed by atoms with van der Waals surface area (Å²) in [5.41, 5.74) is -6.97. The Bertz CT molecular complexity index is 1110. The third kappa shape index (κ3) is 3.58. The first-order valence-electron chi connectivity index (χ1n) is 10.3. The van der Waals surface area contributed by atoms with Gasteiger partial charge < -0.3 is 4.12 Å². The Morgan fingerprint density at radius 2 is 1.30 bits per heavy atom. The molecule has 2 aromatic carbocycles. The summed E-state index contributed by atoms with van der Waals surface area (Å²) in [7, 11) is -4.00. The molecule has 11 heteroatoms. The second-order valence-electron chi connectivity index (χ2n) is 9.03. The Labute approximate surface area is 190 Å². The Kier molecular flexibility index (Phi) is 6.66. The van der Waals surface area contributed by atoms with Crippen LogP contribution >= 0.6 is 0 Å². The van der Waals surface area contributed by atoms with Crippen molar-refractivity contribution in [1.29, 1.82) is 0 Å². The molecule has 0 amide bonds. The first-order chi connectivity index (χ1) is 15.1. The average molecular weight is 511 g/mol. The maximum absolute atomic E-state index is 16.0. The first kappa shape index (κ1) is 25.9. The van der Waals surface area contributed by atoms with Crippen LogP contribution < -0.4 is 5.19 Å². The molecular weight excluding hydrogens is 488 g/mol. The molecule has 1 aliphatic carbocycles. The molecule has 0 saturated heterocycles. The van der Waals surface area contributed by atoms with Gasteiger partial charge in [-0.25, -0.2) is 26.3 Å². The summed E-state index contributed by atoms with van der Waals surface area (Å²) in [4.78, 5) is 0. The molecule has 0 saturated carbocycles. The standard InChI is InChI=1S/C22H22F8OSi2/c1-8(2)32-31-33(9(3)4,10(5)6)21-18(26)14-13-11(7-12(23)16(24)17(13)25)22(29,30)15(14)19(27)20(21)28/h7-10H,1-6H3. The Hall–Kier alpha value is -1.73. The van der Waals surface area contributed by atoms with Crippen LogP contribution in [-0.4, -0.2) is 18.1 Å². The lowest BCUT2D eigenvalue weighted by Gasteiger charge is -2.40. The quantitative estimate of drug-likeness (QED) is 0.175. The van der Waals surface area contributed by atoms with E-state index >= 15 is 13.2 Å². The summed E-state index contributed by atoms with van der Waals surface area (Å²) in [6.45, 7) is 10.1. The van der Waals surface area contributed by atoms with E-state index in [1.54, 1.807) is 41.5 Å². The summed E-state index contributed by atoms with van der Waals surface area (Å²) in [6, 6.07) is -0.0174. The van der Waals surface area contributed by atoms with Crippen molar-refractivity contribution in [3.63, 3.8) is 0 Å². The van der Waals surface area contributed by atoms with Gasteiger partial charge in [-0.15, -0.1) is 0 Å². The van der Waals surface area contributed by atoms with E-state index in [1.165, 1.54) is 0 Å². The van der Waals surface area contributed by atoms with Crippen LogP contribution in [-0.2, 0) is 10.0 Å². The molecule has 0 N–H and O–H groups in total. The van der Waals surface area contributed by atoms with Crippen molar-refractivity contribution in [3.05, 3.63) is 52.1 Å². The largest absolute Gasteiger partial charge is 0.452 e. The summed E-state index contributed by atoms with van der Waals surface area (Å²) in [5.74, 6) is -16.2. The van der Waals surface area contributed by atoms with Gasteiger partial charge in [0.1, 0.15) is 5.82 Å². The summed E-state index contributed by atoms with van der Waals surface area (Å²) >= 11 is 0. The number of rotatable bonds is 6. The molecule has 0 spiro atoms. The molecule has 0 atom stereocenters. The molecule has 2 aromatic rings. The third-order valence-electron chi connectivity index (χ3n) is 5.95. The van der Waals surface area contributed by atoms with E-state index in [-0.39, 0.29) is 21.4 Å². The van der Waals surface area contributed by atoms with Gasteiger partial charge in [0.15, 0.2) is 29.1 Å². The number of alkyl halides is 2. The fourth-order valence-electron chi connectivity index (χ4n) is 4.50. The lowest BCUT2D eigenvalue weighted by atomic mass is 10.0. The number of hydrogen-bond donors (Lipinski definition) is 0. The highest BCUT2D eigenvalue weighted by Gasteiger charge is 2.56. The smallest absolute Gasteiger partial charge is 0.302 e. The zero-order valence-electron chi connectivity index (χ0n) is 18.7. The number of halogens is 8. The Morgan fingerprint density at radius 1 is 0.758 bits per heavy atom. The van der Waals surface area contributed by atoms with Crippen LogP contribution in [0.5, 0.6) is 0 Å². The number of fused-ring (bicyclic) bond motifs is 3. The van der Waals surface area contributed by atoms with E-state index in [0.29, 0.717) is 0 Å². The van der Waals surface area contributed by atoms with E-state index in [4.69, 9.17) is 4.12 Å². The van der Waals surface area contributed by atoms with E-state index in [9.17, 15) is 22.0 Å². The van der Waals surface area contributed by atoms with Gasteiger partial charge >= 0.3 is 5.92 Å². The molecular formula is C22H22F8OSi2. The van der Waals surface area contributed by atoms with Crippen molar-refractivity contribution in [3.8, 4) is 11.1 Å². The van der Waals surface area contributed by atoms with Crippen LogP contribution in [0, 0.1) is 34.9 Å². The molecule has 0 heterocycles. The van der Waals surface area contributed by atoms with Gasteiger partial charge in [0.05, 0.1) is 5.56 Å². The minimum Gasteiger partial charge on any atom is -0.452 e. The van der Waals surface area contributed by atoms with Gasteiger partial charge in [-0.1, -0.05) is 41.5 Å². The maximum atomic E-state index is 16.0. The van der Waals surface area contributed by atoms with E-state index in [1.807, 2.05) is 0 Å². The van der Waals surface area contributed by atoms with E-state index < -0.39 is 87.7 Å². The highest BCUT2D eigenvalue weighted by atomic mass is 28.4. The maximum Gasteiger partial charge on any atom is 0.302 e. The van der Waals surface area contributed by atoms with Crippen LogP contribution in [0.3, 0.4) is 0 Å². The SMILES string of the molecule is CC(C)[Si]O[Si](c1c(F)c(F)c2c(c1F)-c1c(cc(F)c(F)c1F)C2(F)F)(C(C)C)C(C)C. The Morgan fingerprint density at radius 3 is 1.79 bits per heavy atom. The van der Waals surface area contributed by atoms with Crippen molar-refractivity contribution < 1.29 is 39.2 Å². The van der Waals surface area contributed by atoms with E-state index in [2.05, 4.69) is 0 Å². The molecule has 1 aliphatic rings. The molecule has 0 aliphatic heterocycles. The molecule has 0 bridgehead atoms. The summed E-state index contributed by atoms with van der Waals surface area (Å²) < 4.78 is 125. The third-order valence-corrected chi connectivity index (χ3v) is 12.9. The monoisotopic (exact) mass is 510 g/mol. The lowest BCUT2D eigenvalue weighted by molar-refractivity contribution is 0.0427. The van der Waals surface area contributed by atoms with Crippen molar-refractivity contribution in [1.82, 2.24) is 0 Å². The van der Waals surface area contributed by atoms with Gasteiger partial charge in [0, 0.05) is 21.9 Å². The molecule has 3 rings (SSSR count). The minimum atomic E-state index is -4.48. The first-order valence-corrected chi connectivity index (χ1v) is 13.4. The normalized spacial score (nSPS) is 15.1. The molecule has 33 heavy (non-hydrogen) atoms. The van der Waals surface area contributed by atoms with Gasteiger partial charge in [0.25, 0.3) is 0 Å². The van der Waals surface area contributed by atoms with Gasteiger partial charge in [-0.2, -0.15) is 8.78 Å². The van der Waals surface area contributed by atoms with Crippen molar-refractivity contribution in [2.45, 2.75) is 64.1 Å². The second-order valence-corrected chi connectivity index (χ2v) is 15.6. The average Bonchev–Trinajstić information content (AvgIpc) is 2.93. The fraction of sp³-hybridized carbons (Fsp3) is 0.455.